The summed E-state index contributed by atoms with van der Waals surface area (Å²) in [5.74, 6) is 1.97. The molecular weight excluding hydrogens is 258 g/mol. The van der Waals surface area contributed by atoms with E-state index in [1.54, 1.807) is 0 Å². The molecule has 2 unspecified atom stereocenters. The molecule has 2 N–H and O–H groups in total. The predicted octanol–water partition coefficient (Wildman–Crippen LogP) is 4.85. The number of anilines is 1. The van der Waals surface area contributed by atoms with Gasteiger partial charge in [0, 0.05) is 17.1 Å². The van der Waals surface area contributed by atoms with Crippen molar-refractivity contribution >= 4 is 16.7 Å². The van der Waals surface area contributed by atoms with Crippen LogP contribution in [0.15, 0.2) is 18.2 Å². The first-order valence-electron chi connectivity index (χ1n) is 8.22. The molecular formula is C18H27N3. The molecule has 1 aromatic carbocycles. The lowest BCUT2D eigenvalue weighted by Crippen LogP contribution is -2.15. The maximum Gasteiger partial charge on any atom is 0.112 e. The predicted molar refractivity (Wildman–Crippen MR) is 89.8 cm³/mol. The molecule has 1 fully saturated rings. The van der Waals surface area contributed by atoms with Gasteiger partial charge < -0.3 is 10.3 Å². The fourth-order valence-corrected chi connectivity index (χ4v) is 3.27. The summed E-state index contributed by atoms with van der Waals surface area (Å²) < 4.78 is 0. The second kappa shape index (κ2) is 5.36. The highest BCUT2D eigenvalue weighted by Gasteiger charge is 2.23. The van der Waals surface area contributed by atoms with Crippen LogP contribution in [0.4, 0.5) is 5.69 Å². The van der Waals surface area contributed by atoms with E-state index in [4.69, 9.17) is 4.98 Å². The van der Waals surface area contributed by atoms with Crippen LogP contribution in [0.2, 0.25) is 0 Å². The molecule has 21 heavy (non-hydrogen) atoms. The van der Waals surface area contributed by atoms with Gasteiger partial charge in [0.25, 0.3) is 0 Å². The third kappa shape index (κ3) is 3.07. The van der Waals surface area contributed by atoms with Crippen molar-refractivity contribution in [2.75, 3.05) is 5.32 Å². The number of nitrogens with zero attached hydrogens (tertiary/aromatic N) is 1. The zero-order valence-corrected chi connectivity index (χ0v) is 13.7. The average molecular weight is 285 g/mol. The first-order valence-corrected chi connectivity index (χ1v) is 8.22. The van der Waals surface area contributed by atoms with Gasteiger partial charge >= 0.3 is 0 Å². The van der Waals surface area contributed by atoms with Gasteiger partial charge in [-0.3, -0.25) is 0 Å². The van der Waals surface area contributed by atoms with Crippen molar-refractivity contribution in [3.05, 3.63) is 24.0 Å². The minimum Gasteiger partial charge on any atom is -0.382 e. The van der Waals surface area contributed by atoms with Crippen LogP contribution in [0, 0.1) is 5.92 Å². The Morgan fingerprint density at radius 1 is 1.29 bits per heavy atom. The van der Waals surface area contributed by atoms with E-state index < -0.39 is 0 Å². The number of hydrogen-bond donors (Lipinski definition) is 2. The topological polar surface area (TPSA) is 40.7 Å². The molecule has 3 rings (SSSR count). The van der Waals surface area contributed by atoms with E-state index in [0.29, 0.717) is 6.04 Å². The third-order valence-corrected chi connectivity index (χ3v) is 4.68. The molecule has 0 spiro atoms. The molecule has 114 valence electrons. The summed E-state index contributed by atoms with van der Waals surface area (Å²) in [4.78, 5) is 8.17. The summed E-state index contributed by atoms with van der Waals surface area (Å²) in [7, 11) is 0. The molecule has 2 atom stereocenters. The quantitative estimate of drug-likeness (QED) is 0.846. The number of hydrogen-bond acceptors (Lipinski definition) is 2. The SMILES string of the molecule is CCC1CCC(Nc2ccc3nc(C(C)(C)C)[nH]c3c2)C1. The van der Waals surface area contributed by atoms with E-state index in [9.17, 15) is 0 Å². The third-order valence-electron chi connectivity index (χ3n) is 4.68. The maximum absolute atomic E-state index is 4.70. The lowest BCUT2D eigenvalue weighted by Gasteiger charge is -2.14. The Labute approximate surface area is 127 Å². The van der Waals surface area contributed by atoms with E-state index >= 15 is 0 Å². The van der Waals surface area contributed by atoms with Crippen molar-refractivity contribution in [3.8, 4) is 0 Å². The zero-order chi connectivity index (χ0) is 15.0. The van der Waals surface area contributed by atoms with Crippen LogP contribution < -0.4 is 5.32 Å². The summed E-state index contributed by atoms with van der Waals surface area (Å²) >= 11 is 0. The van der Waals surface area contributed by atoms with Crippen LogP contribution in [-0.2, 0) is 5.41 Å². The number of nitrogens with one attached hydrogen (secondary N) is 2. The number of aromatic amines is 1. The Hall–Kier alpha value is -1.51. The zero-order valence-electron chi connectivity index (χ0n) is 13.7. The normalized spacial score (nSPS) is 22.9. The lowest BCUT2D eigenvalue weighted by atomic mass is 9.96. The molecule has 3 nitrogen and oxygen atoms in total. The van der Waals surface area contributed by atoms with Crippen molar-refractivity contribution in [1.29, 1.82) is 0 Å². The molecule has 1 saturated carbocycles. The van der Waals surface area contributed by atoms with Gasteiger partial charge in [0.15, 0.2) is 0 Å². The summed E-state index contributed by atoms with van der Waals surface area (Å²) in [6.07, 6.45) is 5.29. The summed E-state index contributed by atoms with van der Waals surface area (Å²) in [5.41, 5.74) is 3.47. The second-order valence-corrected chi connectivity index (χ2v) is 7.50. The fraction of sp³-hybridized carbons (Fsp3) is 0.611. The van der Waals surface area contributed by atoms with E-state index in [0.717, 1.165) is 22.8 Å². The van der Waals surface area contributed by atoms with Crippen LogP contribution in [-0.4, -0.2) is 16.0 Å². The summed E-state index contributed by atoms with van der Waals surface area (Å²) in [6.45, 7) is 8.87. The number of rotatable bonds is 3. The smallest absolute Gasteiger partial charge is 0.112 e. The maximum atomic E-state index is 4.70. The highest BCUT2D eigenvalue weighted by Crippen LogP contribution is 2.31. The Balaban J connectivity index is 1.78. The second-order valence-electron chi connectivity index (χ2n) is 7.50. The number of benzene rings is 1. The van der Waals surface area contributed by atoms with Gasteiger partial charge in [-0.2, -0.15) is 0 Å². The van der Waals surface area contributed by atoms with Crippen LogP contribution in [0.25, 0.3) is 11.0 Å². The minimum atomic E-state index is 0.0619. The number of fused-ring (bicyclic) bond motifs is 1. The van der Waals surface area contributed by atoms with Crippen molar-refractivity contribution in [1.82, 2.24) is 9.97 Å². The molecule has 0 saturated heterocycles. The fourth-order valence-electron chi connectivity index (χ4n) is 3.27. The van der Waals surface area contributed by atoms with Crippen LogP contribution in [0.1, 0.15) is 59.2 Å². The number of aromatic nitrogens is 2. The van der Waals surface area contributed by atoms with Gasteiger partial charge in [-0.1, -0.05) is 34.1 Å². The highest BCUT2D eigenvalue weighted by atomic mass is 15.0. The first kappa shape index (κ1) is 14.4. The average Bonchev–Trinajstić information content (AvgIpc) is 3.03. The number of H-pyrrole nitrogens is 1. The largest absolute Gasteiger partial charge is 0.382 e. The van der Waals surface area contributed by atoms with Crippen molar-refractivity contribution in [3.63, 3.8) is 0 Å². The summed E-state index contributed by atoms with van der Waals surface area (Å²) in [6, 6.07) is 7.12. The van der Waals surface area contributed by atoms with Crippen molar-refractivity contribution < 1.29 is 0 Å². The van der Waals surface area contributed by atoms with Gasteiger partial charge in [-0.05, 0) is 43.4 Å². The van der Waals surface area contributed by atoms with Crippen LogP contribution in [0.3, 0.4) is 0 Å². The minimum absolute atomic E-state index is 0.0619. The van der Waals surface area contributed by atoms with E-state index in [1.165, 1.54) is 31.4 Å². The molecule has 1 heterocycles. The van der Waals surface area contributed by atoms with E-state index in [1.807, 2.05) is 0 Å². The molecule has 0 bridgehead atoms. The number of imidazole rings is 1. The van der Waals surface area contributed by atoms with Crippen molar-refractivity contribution in [2.24, 2.45) is 5.92 Å². The Bertz CT molecular complexity index is 621. The molecule has 1 aromatic heterocycles. The van der Waals surface area contributed by atoms with Gasteiger partial charge in [-0.15, -0.1) is 0 Å². The standard InChI is InChI=1S/C18H27N3/c1-5-12-6-7-13(10-12)19-14-8-9-15-16(11-14)21-17(20-15)18(2,3)4/h8-9,11-13,19H,5-7,10H2,1-4H3,(H,20,21). The molecule has 0 aliphatic heterocycles. The van der Waals surface area contributed by atoms with E-state index in [-0.39, 0.29) is 5.41 Å². The molecule has 3 heteroatoms. The van der Waals surface area contributed by atoms with Crippen LogP contribution in [0.5, 0.6) is 0 Å². The molecule has 0 radical (unpaired) electrons. The molecule has 1 aliphatic rings. The van der Waals surface area contributed by atoms with Gasteiger partial charge in [0.2, 0.25) is 0 Å². The monoisotopic (exact) mass is 285 g/mol. The van der Waals surface area contributed by atoms with Gasteiger partial charge in [-0.25, -0.2) is 4.98 Å². The van der Waals surface area contributed by atoms with Gasteiger partial charge in [0.1, 0.15) is 5.82 Å². The Morgan fingerprint density at radius 2 is 2.10 bits per heavy atom. The van der Waals surface area contributed by atoms with Crippen molar-refractivity contribution in [2.45, 2.75) is 64.8 Å². The van der Waals surface area contributed by atoms with E-state index in [2.05, 4.69) is 56.2 Å². The molecule has 0 amide bonds. The summed E-state index contributed by atoms with van der Waals surface area (Å²) in [5, 5.41) is 3.70. The molecule has 1 aliphatic carbocycles. The Morgan fingerprint density at radius 3 is 2.76 bits per heavy atom. The van der Waals surface area contributed by atoms with Crippen LogP contribution >= 0.6 is 0 Å². The first-order chi connectivity index (χ1) is 9.95. The lowest BCUT2D eigenvalue weighted by molar-refractivity contribution is 0.525. The van der Waals surface area contributed by atoms with Gasteiger partial charge in [0.05, 0.1) is 11.0 Å². The Kier molecular flexibility index (Phi) is 3.68. The molecule has 2 aromatic rings. The highest BCUT2D eigenvalue weighted by molar-refractivity contribution is 5.79.